The topological polar surface area (TPSA) is 36.4 Å². The van der Waals surface area contributed by atoms with Crippen LogP contribution >= 0.6 is 15.9 Å². The molecule has 0 atom stereocenters. The predicted molar refractivity (Wildman–Crippen MR) is 112 cm³/mol. The summed E-state index contributed by atoms with van der Waals surface area (Å²) in [6.07, 6.45) is -1.24. The maximum Gasteiger partial charge on any atom is 0.416 e. The molecule has 0 spiro atoms. The number of hydrazine groups is 1. The van der Waals surface area contributed by atoms with Crippen LogP contribution in [0.1, 0.15) is 27.0 Å². The third kappa shape index (κ3) is 3.70. The smallest absolute Gasteiger partial charge is 0.267 e. The Morgan fingerprint density at radius 2 is 1.83 bits per heavy atom. The molecular weight excluding hydrogens is 459 g/mol. The van der Waals surface area contributed by atoms with Gasteiger partial charge >= 0.3 is 6.18 Å². The lowest BCUT2D eigenvalue weighted by Gasteiger charge is -2.30. The summed E-state index contributed by atoms with van der Waals surface area (Å²) >= 11 is 3.39. The Morgan fingerprint density at radius 1 is 1.03 bits per heavy atom. The van der Waals surface area contributed by atoms with Crippen LogP contribution in [0.3, 0.4) is 0 Å². The second-order valence-electron chi connectivity index (χ2n) is 6.67. The van der Waals surface area contributed by atoms with Gasteiger partial charge in [0.15, 0.2) is 0 Å². The lowest BCUT2D eigenvalue weighted by atomic mass is 10.0. The number of carbonyl (C=O) groups is 1. The molecule has 0 fully saturated rings. The van der Waals surface area contributed by atoms with Gasteiger partial charge in [0.2, 0.25) is 0 Å². The summed E-state index contributed by atoms with van der Waals surface area (Å²) < 4.78 is 40.8. The number of pyridine rings is 1. The van der Waals surface area contributed by atoms with Crippen LogP contribution in [0.4, 0.5) is 19.0 Å². The molecule has 0 unspecified atom stereocenters. The normalized spacial score (nSPS) is 14.9. The van der Waals surface area contributed by atoms with Gasteiger partial charge in [-0.2, -0.15) is 13.2 Å². The summed E-state index contributed by atoms with van der Waals surface area (Å²) in [5.41, 5.74) is 0.686. The van der Waals surface area contributed by atoms with E-state index in [0.717, 1.165) is 22.2 Å². The van der Waals surface area contributed by atoms with E-state index in [1.807, 2.05) is 24.3 Å². The molecular formula is C22H15BrF3N3O. The molecule has 1 amide bonds. The number of anilines is 1. The van der Waals surface area contributed by atoms with Crippen LogP contribution in [0.15, 0.2) is 71.3 Å². The van der Waals surface area contributed by atoms with Gasteiger partial charge in [-0.1, -0.05) is 34.1 Å². The molecule has 8 heteroatoms. The lowest BCUT2D eigenvalue weighted by molar-refractivity contribution is -0.137. The Hall–Kier alpha value is -3.13. The van der Waals surface area contributed by atoms with Gasteiger partial charge in [-0.3, -0.25) is 9.80 Å². The van der Waals surface area contributed by atoms with Crippen molar-refractivity contribution in [3.63, 3.8) is 0 Å². The van der Waals surface area contributed by atoms with E-state index in [9.17, 15) is 18.0 Å². The molecule has 0 saturated heterocycles. The Morgan fingerprint density at radius 3 is 2.50 bits per heavy atom. The number of fused-ring (bicyclic) bond motifs is 1. The maximum atomic E-state index is 13.3. The monoisotopic (exact) mass is 473 g/mol. The van der Waals surface area contributed by atoms with Crippen molar-refractivity contribution in [2.45, 2.75) is 6.18 Å². The SMILES string of the molecule is CN(c1ccccn1)N1C(=O)c2ccc(C(F)(F)F)cc2C1=Cc1cccc(Br)c1. The van der Waals surface area contributed by atoms with Crippen LogP contribution in [0.5, 0.6) is 0 Å². The van der Waals surface area contributed by atoms with Crippen molar-refractivity contribution in [2.24, 2.45) is 0 Å². The summed E-state index contributed by atoms with van der Waals surface area (Å²) in [6, 6.07) is 15.7. The molecule has 30 heavy (non-hydrogen) atoms. The molecule has 0 radical (unpaired) electrons. The molecule has 2 aromatic carbocycles. The molecule has 0 aliphatic carbocycles. The van der Waals surface area contributed by atoms with Gasteiger partial charge in [0, 0.05) is 23.3 Å². The van der Waals surface area contributed by atoms with Crippen molar-refractivity contribution in [1.82, 2.24) is 9.99 Å². The van der Waals surface area contributed by atoms with Crippen LogP contribution in [0.2, 0.25) is 0 Å². The van der Waals surface area contributed by atoms with Crippen LogP contribution in [0.25, 0.3) is 11.8 Å². The first kappa shape index (κ1) is 20.2. The molecule has 3 aromatic rings. The van der Waals surface area contributed by atoms with E-state index in [0.29, 0.717) is 11.5 Å². The van der Waals surface area contributed by atoms with Crippen molar-refractivity contribution in [1.29, 1.82) is 0 Å². The standard InChI is InChI=1S/C22H15BrF3N3O/c1-28(20-7-2-3-10-27-20)29-19(12-14-5-4-6-16(23)11-14)18-13-15(22(24,25)26)8-9-17(18)21(29)30/h2-13H,1H3. The van der Waals surface area contributed by atoms with E-state index < -0.39 is 17.6 Å². The maximum absolute atomic E-state index is 13.3. The third-order valence-electron chi connectivity index (χ3n) is 4.71. The molecule has 152 valence electrons. The van der Waals surface area contributed by atoms with E-state index in [-0.39, 0.29) is 11.1 Å². The van der Waals surface area contributed by atoms with Crippen molar-refractivity contribution < 1.29 is 18.0 Å². The number of halogens is 4. The quantitative estimate of drug-likeness (QED) is 0.477. The Balaban J connectivity index is 1.90. The number of amides is 1. The fraction of sp³-hybridized carbons (Fsp3) is 0.0909. The molecule has 1 aromatic heterocycles. The summed E-state index contributed by atoms with van der Waals surface area (Å²) in [6.45, 7) is 0. The Bertz CT molecular complexity index is 1150. The van der Waals surface area contributed by atoms with E-state index in [1.165, 1.54) is 16.1 Å². The van der Waals surface area contributed by atoms with E-state index in [1.54, 1.807) is 37.5 Å². The van der Waals surface area contributed by atoms with Crippen molar-refractivity contribution in [3.8, 4) is 0 Å². The van der Waals surface area contributed by atoms with E-state index >= 15 is 0 Å². The first-order valence-electron chi connectivity index (χ1n) is 8.94. The Labute approximate surface area is 179 Å². The first-order chi connectivity index (χ1) is 14.3. The number of hydrogen-bond donors (Lipinski definition) is 0. The highest BCUT2D eigenvalue weighted by atomic mass is 79.9. The number of aromatic nitrogens is 1. The molecule has 0 bridgehead atoms. The number of alkyl halides is 3. The highest BCUT2D eigenvalue weighted by Crippen LogP contribution is 2.40. The fourth-order valence-corrected chi connectivity index (χ4v) is 3.71. The predicted octanol–water partition coefficient (Wildman–Crippen LogP) is 5.87. The molecule has 0 N–H and O–H groups in total. The van der Waals surface area contributed by atoms with Gasteiger partial charge in [-0.05, 0) is 54.1 Å². The summed E-state index contributed by atoms with van der Waals surface area (Å²) in [5, 5.41) is 2.87. The fourth-order valence-electron chi connectivity index (χ4n) is 3.30. The summed E-state index contributed by atoms with van der Waals surface area (Å²) in [7, 11) is 1.64. The number of carbonyl (C=O) groups excluding carboxylic acids is 1. The lowest BCUT2D eigenvalue weighted by Crippen LogP contribution is -2.39. The average molecular weight is 474 g/mol. The number of hydrogen-bond acceptors (Lipinski definition) is 3. The molecule has 2 heterocycles. The van der Waals surface area contributed by atoms with Gasteiger partial charge in [0.25, 0.3) is 5.91 Å². The second-order valence-corrected chi connectivity index (χ2v) is 7.59. The minimum Gasteiger partial charge on any atom is -0.267 e. The van der Waals surface area contributed by atoms with Gasteiger partial charge < -0.3 is 0 Å². The van der Waals surface area contributed by atoms with Crippen LogP contribution < -0.4 is 5.01 Å². The average Bonchev–Trinajstić information content (AvgIpc) is 2.99. The van der Waals surface area contributed by atoms with Crippen LogP contribution in [0, 0.1) is 0 Å². The van der Waals surface area contributed by atoms with Crippen molar-refractivity contribution >= 4 is 39.4 Å². The zero-order valence-corrected chi connectivity index (χ0v) is 17.3. The highest BCUT2D eigenvalue weighted by molar-refractivity contribution is 9.10. The molecule has 4 rings (SSSR count). The number of benzene rings is 2. The van der Waals surface area contributed by atoms with Crippen LogP contribution in [-0.4, -0.2) is 22.9 Å². The minimum atomic E-state index is -4.51. The van der Waals surface area contributed by atoms with Gasteiger partial charge in [0.05, 0.1) is 16.8 Å². The van der Waals surface area contributed by atoms with Gasteiger partial charge in [-0.15, -0.1) is 0 Å². The van der Waals surface area contributed by atoms with Crippen LogP contribution in [-0.2, 0) is 6.18 Å². The minimum absolute atomic E-state index is 0.201. The zero-order valence-electron chi connectivity index (χ0n) is 15.7. The molecule has 4 nitrogen and oxygen atoms in total. The summed E-state index contributed by atoms with van der Waals surface area (Å²) in [4.78, 5) is 17.4. The van der Waals surface area contributed by atoms with Crippen molar-refractivity contribution in [3.05, 3.63) is 93.6 Å². The largest absolute Gasteiger partial charge is 0.416 e. The number of nitrogens with zero attached hydrogens (tertiary/aromatic N) is 3. The summed E-state index contributed by atoms with van der Waals surface area (Å²) in [5.74, 6) is 0.0583. The molecule has 1 aliphatic heterocycles. The zero-order chi connectivity index (χ0) is 21.5. The number of rotatable bonds is 3. The van der Waals surface area contributed by atoms with E-state index in [2.05, 4.69) is 20.9 Å². The highest BCUT2D eigenvalue weighted by Gasteiger charge is 2.39. The first-order valence-corrected chi connectivity index (χ1v) is 9.73. The van der Waals surface area contributed by atoms with Gasteiger partial charge in [0.1, 0.15) is 5.82 Å². The van der Waals surface area contributed by atoms with E-state index in [4.69, 9.17) is 0 Å². The second kappa shape index (κ2) is 7.60. The van der Waals surface area contributed by atoms with Gasteiger partial charge in [-0.25, -0.2) is 9.99 Å². The third-order valence-corrected chi connectivity index (χ3v) is 5.20. The molecule has 0 saturated carbocycles. The molecule has 1 aliphatic rings. The van der Waals surface area contributed by atoms with Crippen molar-refractivity contribution in [2.75, 3.05) is 12.1 Å². The Kier molecular flexibility index (Phi) is 5.11.